The average molecular weight is 346 g/mol. The van der Waals surface area contributed by atoms with E-state index in [1.165, 1.54) is 0 Å². The maximum atomic E-state index is 11.6. The molecule has 1 saturated heterocycles. The molecule has 1 amide bonds. The van der Waals surface area contributed by atoms with E-state index in [0.29, 0.717) is 11.6 Å². The molecule has 0 aliphatic carbocycles. The highest BCUT2D eigenvalue weighted by atomic mass is 35.5. The Bertz CT molecular complexity index is 623. The minimum absolute atomic E-state index is 0. The molecule has 1 aliphatic heterocycles. The highest BCUT2D eigenvalue weighted by Crippen LogP contribution is 2.27. The number of carbonyl (C=O) groups is 1. The molecule has 0 aromatic carbocycles. The van der Waals surface area contributed by atoms with Gasteiger partial charge < -0.3 is 21.4 Å². The summed E-state index contributed by atoms with van der Waals surface area (Å²) in [6.45, 7) is 2.04. The summed E-state index contributed by atoms with van der Waals surface area (Å²) >= 11 is 0. The van der Waals surface area contributed by atoms with E-state index in [1.54, 1.807) is 6.20 Å². The number of primary amides is 1. The molecular weight excluding hydrogens is 325 g/mol. The summed E-state index contributed by atoms with van der Waals surface area (Å²) in [4.78, 5) is 18.9. The van der Waals surface area contributed by atoms with Gasteiger partial charge in [-0.15, -0.1) is 24.8 Å². The number of aromatic amines is 1. The maximum absolute atomic E-state index is 11.6. The minimum atomic E-state index is -0.449. The van der Waals surface area contributed by atoms with Gasteiger partial charge in [0, 0.05) is 23.8 Å². The smallest absolute Gasteiger partial charge is 0.252 e. The molecule has 2 aromatic heterocycles. The Hall–Kier alpha value is -1.50. The number of nitrogens with zero attached hydrogens (tertiary/aromatic N) is 1. The Labute approximate surface area is 141 Å². The molecule has 1 aliphatic rings. The van der Waals surface area contributed by atoms with Gasteiger partial charge in [0.25, 0.3) is 5.91 Å². The summed E-state index contributed by atoms with van der Waals surface area (Å²) in [5, 5.41) is 7.80. The van der Waals surface area contributed by atoms with Gasteiger partial charge in [-0.3, -0.25) is 4.79 Å². The molecule has 0 saturated carbocycles. The maximum Gasteiger partial charge on any atom is 0.252 e. The number of rotatable bonds is 3. The topological polar surface area (TPSA) is 95.8 Å². The predicted octanol–water partition coefficient (Wildman–Crippen LogP) is 2.06. The Kier molecular flexibility index (Phi) is 6.93. The number of pyridine rings is 1. The fourth-order valence-electron chi connectivity index (χ4n) is 2.72. The van der Waals surface area contributed by atoms with Gasteiger partial charge in [-0.1, -0.05) is 0 Å². The zero-order valence-electron chi connectivity index (χ0n) is 12.1. The first-order valence-corrected chi connectivity index (χ1v) is 6.99. The third-order valence-electron chi connectivity index (χ3n) is 3.78. The predicted molar refractivity (Wildman–Crippen MR) is 93.2 cm³/mol. The second kappa shape index (κ2) is 8.22. The Morgan fingerprint density at radius 3 is 2.91 bits per heavy atom. The van der Waals surface area contributed by atoms with Crippen molar-refractivity contribution in [2.24, 2.45) is 5.73 Å². The van der Waals surface area contributed by atoms with Gasteiger partial charge in [0.2, 0.25) is 0 Å². The van der Waals surface area contributed by atoms with Crippen LogP contribution in [0.4, 0.5) is 5.69 Å². The number of halogens is 2. The molecule has 0 radical (unpaired) electrons. The SMILES string of the molecule is Cl.Cl.NC(=O)c1cnc2[nH]ccc2c1NC1CCCNCC1. The molecule has 5 N–H and O–H groups in total. The van der Waals surface area contributed by atoms with Gasteiger partial charge in [-0.05, 0) is 38.4 Å². The van der Waals surface area contributed by atoms with Crippen molar-refractivity contribution in [3.63, 3.8) is 0 Å². The number of anilines is 1. The number of fused-ring (bicyclic) bond motifs is 1. The molecule has 3 heterocycles. The molecule has 1 atom stereocenters. The molecule has 1 fully saturated rings. The number of H-pyrrole nitrogens is 1. The van der Waals surface area contributed by atoms with Crippen LogP contribution in [0.15, 0.2) is 18.5 Å². The first-order valence-electron chi connectivity index (χ1n) is 6.99. The van der Waals surface area contributed by atoms with Gasteiger partial charge in [0.05, 0.1) is 11.3 Å². The van der Waals surface area contributed by atoms with Crippen LogP contribution in [-0.2, 0) is 0 Å². The van der Waals surface area contributed by atoms with Crippen molar-refractivity contribution >= 4 is 47.4 Å². The van der Waals surface area contributed by atoms with Crippen LogP contribution in [0.3, 0.4) is 0 Å². The van der Waals surface area contributed by atoms with Crippen molar-refractivity contribution < 1.29 is 4.79 Å². The molecular formula is C14H21Cl2N5O. The second-order valence-electron chi connectivity index (χ2n) is 5.17. The molecule has 122 valence electrons. The van der Waals surface area contributed by atoms with Crippen LogP contribution in [-0.4, -0.2) is 35.0 Å². The average Bonchev–Trinajstić information content (AvgIpc) is 2.77. The molecule has 0 bridgehead atoms. The number of hydrogen-bond donors (Lipinski definition) is 4. The zero-order valence-corrected chi connectivity index (χ0v) is 13.7. The van der Waals surface area contributed by atoms with Crippen LogP contribution in [0.1, 0.15) is 29.6 Å². The number of aromatic nitrogens is 2. The van der Waals surface area contributed by atoms with Gasteiger partial charge in [0.15, 0.2) is 0 Å². The monoisotopic (exact) mass is 345 g/mol. The minimum Gasteiger partial charge on any atom is -0.381 e. The van der Waals surface area contributed by atoms with Gasteiger partial charge in [-0.2, -0.15) is 0 Å². The Morgan fingerprint density at radius 1 is 1.32 bits per heavy atom. The van der Waals surface area contributed by atoms with E-state index in [9.17, 15) is 4.79 Å². The molecule has 2 aromatic rings. The molecule has 8 heteroatoms. The number of hydrogen-bond acceptors (Lipinski definition) is 4. The number of nitrogens with two attached hydrogens (primary N) is 1. The molecule has 3 rings (SSSR count). The van der Waals surface area contributed by atoms with E-state index < -0.39 is 5.91 Å². The summed E-state index contributed by atoms with van der Waals surface area (Å²) in [5.41, 5.74) is 7.49. The van der Waals surface area contributed by atoms with Gasteiger partial charge >= 0.3 is 0 Å². The summed E-state index contributed by atoms with van der Waals surface area (Å²) in [6, 6.07) is 2.27. The van der Waals surface area contributed by atoms with Crippen molar-refractivity contribution in [1.82, 2.24) is 15.3 Å². The summed E-state index contributed by atoms with van der Waals surface area (Å²) in [5.74, 6) is -0.449. The van der Waals surface area contributed by atoms with E-state index in [-0.39, 0.29) is 24.8 Å². The van der Waals surface area contributed by atoms with Crippen LogP contribution >= 0.6 is 24.8 Å². The third kappa shape index (κ3) is 3.82. The Balaban J connectivity index is 0.00000121. The van der Waals surface area contributed by atoms with Gasteiger partial charge in [0.1, 0.15) is 5.65 Å². The van der Waals surface area contributed by atoms with Crippen molar-refractivity contribution in [2.45, 2.75) is 25.3 Å². The van der Waals surface area contributed by atoms with Gasteiger partial charge in [-0.25, -0.2) is 4.98 Å². The summed E-state index contributed by atoms with van der Waals surface area (Å²) in [6.07, 6.45) is 6.61. The largest absolute Gasteiger partial charge is 0.381 e. The van der Waals surface area contributed by atoms with Crippen LogP contribution in [0.25, 0.3) is 11.0 Å². The molecule has 6 nitrogen and oxygen atoms in total. The number of nitrogens with one attached hydrogen (secondary N) is 3. The highest BCUT2D eigenvalue weighted by molar-refractivity contribution is 6.05. The van der Waals surface area contributed by atoms with Crippen LogP contribution in [0, 0.1) is 0 Å². The summed E-state index contributed by atoms with van der Waals surface area (Å²) < 4.78 is 0. The van der Waals surface area contributed by atoms with E-state index in [1.807, 2.05) is 12.3 Å². The fourth-order valence-corrected chi connectivity index (χ4v) is 2.72. The van der Waals surface area contributed by atoms with Crippen LogP contribution < -0.4 is 16.4 Å². The highest BCUT2D eigenvalue weighted by Gasteiger charge is 2.18. The van der Waals surface area contributed by atoms with Crippen molar-refractivity contribution in [2.75, 3.05) is 18.4 Å². The third-order valence-corrected chi connectivity index (χ3v) is 3.78. The fraction of sp³-hybridized carbons (Fsp3) is 0.429. The van der Waals surface area contributed by atoms with Crippen molar-refractivity contribution in [1.29, 1.82) is 0 Å². The lowest BCUT2D eigenvalue weighted by Crippen LogP contribution is -2.24. The molecule has 0 spiro atoms. The first kappa shape index (κ1) is 18.5. The second-order valence-corrected chi connectivity index (χ2v) is 5.17. The number of amides is 1. The van der Waals surface area contributed by atoms with E-state index in [0.717, 1.165) is 49.1 Å². The lowest BCUT2D eigenvalue weighted by molar-refractivity contribution is 0.100. The quantitative estimate of drug-likeness (QED) is 0.684. The molecule has 22 heavy (non-hydrogen) atoms. The van der Waals surface area contributed by atoms with Crippen molar-refractivity contribution in [3.05, 3.63) is 24.0 Å². The van der Waals surface area contributed by atoms with Crippen molar-refractivity contribution in [3.8, 4) is 0 Å². The lowest BCUT2D eigenvalue weighted by Gasteiger charge is -2.19. The number of carbonyl (C=O) groups excluding carboxylic acids is 1. The standard InChI is InChI=1S/C14H19N5O.2ClH/c15-13(20)11-8-18-14-10(4-7-17-14)12(11)19-9-2-1-5-16-6-3-9;;/h4,7-9,16H,1-3,5-6H2,(H2,15,20)(H2,17,18,19);2*1H. The molecule has 1 unspecified atom stereocenters. The van der Waals surface area contributed by atoms with E-state index in [4.69, 9.17) is 5.73 Å². The van der Waals surface area contributed by atoms with Crippen LogP contribution in [0.5, 0.6) is 0 Å². The van der Waals surface area contributed by atoms with E-state index >= 15 is 0 Å². The Morgan fingerprint density at radius 2 is 2.14 bits per heavy atom. The lowest BCUT2D eigenvalue weighted by atomic mass is 10.1. The normalized spacial score (nSPS) is 17.9. The zero-order chi connectivity index (χ0) is 13.9. The van der Waals surface area contributed by atoms with Crippen LogP contribution in [0.2, 0.25) is 0 Å². The summed E-state index contributed by atoms with van der Waals surface area (Å²) in [7, 11) is 0. The van der Waals surface area contributed by atoms with E-state index in [2.05, 4.69) is 20.6 Å². The first-order chi connectivity index (χ1) is 9.75.